The number of hydrogen-bond donors (Lipinski definition) is 2. The number of nitrogens with one attached hydrogen (secondary N) is 1. The van der Waals surface area contributed by atoms with Crippen LogP contribution < -0.4 is 20.5 Å². The lowest BCUT2D eigenvalue weighted by molar-refractivity contribution is 0.0525. The molecule has 0 spiro atoms. The van der Waals surface area contributed by atoms with Crippen LogP contribution in [0.2, 0.25) is 0 Å². The Morgan fingerprint density at radius 2 is 2.14 bits per heavy atom. The monoisotopic (exact) mass is 297 g/mol. The molecule has 1 aromatic heterocycles. The molecule has 7 heteroatoms. The lowest BCUT2D eigenvalue weighted by atomic mass is 10.2. The fourth-order valence-corrected chi connectivity index (χ4v) is 1.47. The number of ether oxygens (including phenoxy) is 3. The topological polar surface area (TPSA) is 95.7 Å². The van der Waals surface area contributed by atoms with Crippen LogP contribution in [-0.2, 0) is 4.74 Å². The van der Waals surface area contributed by atoms with Gasteiger partial charge in [-0.05, 0) is 27.2 Å². The van der Waals surface area contributed by atoms with Crippen molar-refractivity contribution in [3.05, 3.63) is 12.3 Å². The summed E-state index contributed by atoms with van der Waals surface area (Å²) < 4.78 is 15.5. The Kier molecular flexibility index (Phi) is 6.08. The third-order valence-corrected chi connectivity index (χ3v) is 2.31. The van der Waals surface area contributed by atoms with E-state index in [1.165, 1.54) is 13.3 Å². The van der Waals surface area contributed by atoms with E-state index in [0.717, 1.165) is 0 Å². The zero-order chi connectivity index (χ0) is 15.9. The highest BCUT2D eigenvalue weighted by atomic mass is 16.6. The number of hydrogen-bond acceptors (Lipinski definition) is 6. The summed E-state index contributed by atoms with van der Waals surface area (Å²) in [7, 11) is 1.50. The third kappa shape index (κ3) is 6.69. The second kappa shape index (κ2) is 7.56. The van der Waals surface area contributed by atoms with Gasteiger partial charge in [-0.2, -0.15) is 0 Å². The predicted octanol–water partition coefficient (Wildman–Crippen LogP) is 1.97. The zero-order valence-electron chi connectivity index (χ0n) is 12.9. The molecule has 0 saturated carbocycles. The van der Waals surface area contributed by atoms with Crippen molar-refractivity contribution >= 4 is 11.8 Å². The molecule has 21 heavy (non-hydrogen) atoms. The Labute approximate surface area is 124 Å². The summed E-state index contributed by atoms with van der Waals surface area (Å²) in [6, 6.07) is 1.65. The SMILES string of the molecule is COc1ncc(OCCCNC(=O)OC(C)(C)C)cc1N. The maximum Gasteiger partial charge on any atom is 0.407 e. The summed E-state index contributed by atoms with van der Waals surface area (Å²) in [4.78, 5) is 15.4. The van der Waals surface area contributed by atoms with Gasteiger partial charge in [-0.1, -0.05) is 0 Å². The van der Waals surface area contributed by atoms with Crippen molar-refractivity contribution in [2.75, 3.05) is 26.0 Å². The summed E-state index contributed by atoms with van der Waals surface area (Å²) >= 11 is 0. The van der Waals surface area contributed by atoms with Gasteiger partial charge < -0.3 is 25.3 Å². The maximum atomic E-state index is 11.4. The molecule has 1 heterocycles. The Morgan fingerprint density at radius 1 is 1.43 bits per heavy atom. The number of methoxy groups -OCH3 is 1. The van der Waals surface area contributed by atoms with Crippen molar-refractivity contribution in [2.24, 2.45) is 0 Å². The van der Waals surface area contributed by atoms with Crippen LogP contribution in [0.3, 0.4) is 0 Å². The zero-order valence-corrected chi connectivity index (χ0v) is 12.9. The maximum absolute atomic E-state index is 11.4. The van der Waals surface area contributed by atoms with Crippen molar-refractivity contribution in [3.63, 3.8) is 0 Å². The number of carbonyl (C=O) groups is 1. The molecule has 1 amide bonds. The second-order valence-electron chi connectivity index (χ2n) is 5.40. The first-order valence-electron chi connectivity index (χ1n) is 6.71. The first-order valence-corrected chi connectivity index (χ1v) is 6.71. The molecule has 0 radical (unpaired) electrons. The normalized spacial score (nSPS) is 10.9. The summed E-state index contributed by atoms with van der Waals surface area (Å²) in [5, 5.41) is 2.65. The van der Waals surface area contributed by atoms with E-state index in [4.69, 9.17) is 19.9 Å². The minimum absolute atomic E-state index is 0.369. The van der Waals surface area contributed by atoms with E-state index in [1.807, 2.05) is 20.8 Å². The molecule has 7 nitrogen and oxygen atoms in total. The van der Waals surface area contributed by atoms with Crippen LogP contribution in [0.15, 0.2) is 12.3 Å². The molecule has 0 fully saturated rings. The Morgan fingerprint density at radius 3 is 2.71 bits per heavy atom. The van der Waals surface area contributed by atoms with Gasteiger partial charge in [0, 0.05) is 12.6 Å². The number of nitrogens with two attached hydrogens (primary N) is 1. The molecule has 0 saturated heterocycles. The van der Waals surface area contributed by atoms with E-state index >= 15 is 0 Å². The van der Waals surface area contributed by atoms with Crippen LogP contribution in [0.5, 0.6) is 11.6 Å². The largest absolute Gasteiger partial charge is 0.492 e. The van der Waals surface area contributed by atoms with Crippen molar-refractivity contribution in [3.8, 4) is 11.6 Å². The van der Waals surface area contributed by atoms with Gasteiger partial charge in [0.1, 0.15) is 11.4 Å². The van der Waals surface area contributed by atoms with Crippen LogP contribution in [0.25, 0.3) is 0 Å². The van der Waals surface area contributed by atoms with E-state index < -0.39 is 11.7 Å². The van der Waals surface area contributed by atoms with Crippen LogP contribution >= 0.6 is 0 Å². The van der Waals surface area contributed by atoms with Gasteiger partial charge in [0.2, 0.25) is 5.88 Å². The molecule has 118 valence electrons. The predicted molar refractivity (Wildman–Crippen MR) is 79.6 cm³/mol. The average molecular weight is 297 g/mol. The first kappa shape index (κ1) is 16.9. The fraction of sp³-hybridized carbons (Fsp3) is 0.571. The Bertz CT molecular complexity index is 472. The average Bonchev–Trinajstić information content (AvgIpc) is 2.36. The van der Waals surface area contributed by atoms with E-state index in [1.54, 1.807) is 6.07 Å². The molecule has 0 unspecified atom stereocenters. The summed E-state index contributed by atoms with van der Waals surface area (Å²) in [5.74, 6) is 0.930. The van der Waals surface area contributed by atoms with E-state index in [2.05, 4.69) is 10.3 Å². The molecule has 0 aliphatic rings. The van der Waals surface area contributed by atoms with Crippen molar-refractivity contribution in [2.45, 2.75) is 32.8 Å². The molecule has 0 aliphatic heterocycles. The molecular formula is C14H23N3O4. The number of rotatable bonds is 6. The number of amides is 1. The van der Waals surface area contributed by atoms with Gasteiger partial charge in [0.25, 0.3) is 0 Å². The van der Waals surface area contributed by atoms with E-state index in [9.17, 15) is 4.79 Å². The highest BCUT2D eigenvalue weighted by Crippen LogP contribution is 2.22. The number of aromatic nitrogens is 1. The minimum atomic E-state index is -0.493. The number of carbonyl (C=O) groups excluding carboxylic acids is 1. The van der Waals surface area contributed by atoms with Crippen molar-refractivity contribution in [1.29, 1.82) is 0 Å². The number of anilines is 1. The van der Waals surface area contributed by atoms with Gasteiger partial charge >= 0.3 is 6.09 Å². The molecule has 0 bridgehead atoms. The molecule has 0 aliphatic carbocycles. The Balaban J connectivity index is 2.23. The smallest absolute Gasteiger partial charge is 0.407 e. The third-order valence-electron chi connectivity index (χ3n) is 2.31. The molecule has 1 aromatic rings. The van der Waals surface area contributed by atoms with Gasteiger partial charge in [0.05, 0.1) is 25.6 Å². The van der Waals surface area contributed by atoms with Crippen molar-refractivity contribution < 1.29 is 19.0 Å². The van der Waals surface area contributed by atoms with Crippen LogP contribution in [-0.4, -0.2) is 36.9 Å². The van der Waals surface area contributed by atoms with E-state index in [0.29, 0.717) is 36.9 Å². The number of nitrogens with zero attached hydrogens (tertiary/aromatic N) is 1. The number of alkyl carbamates (subject to hydrolysis) is 1. The fourth-order valence-electron chi connectivity index (χ4n) is 1.47. The first-order chi connectivity index (χ1) is 9.81. The summed E-state index contributed by atoms with van der Waals surface area (Å²) in [5.41, 5.74) is 5.64. The summed E-state index contributed by atoms with van der Waals surface area (Å²) in [6.45, 7) is 6.35. The molecule has 1 rings (SSSR count). The van der Waals surface area contributed by atoms with Gasteiger partial charge in [-0.25, -0.2) is 9.78 Å². The lowest BCUT2D eigenvalue weighted by Gasteiger charge is -2.19. The van der Waals surface area contributed by atoms with Gasteiger partial charge in [0.15, 0.2) is 0 Å². The highest BCUT2D eigenvalue weighted by Gasteiger charge is 2.15. The van der Waals surface area contributed by atoms with Crippen LogP contribution in [0, 0.1) is 0 Å². The molecule has 3 N–H and O–H groups in total. The number of pyridine rings is 1. The molecular weight excluding hydrogens is 274 g/mol. The second-order valence-corrected chi connectivity index (χ2v) is 5.40. The van der Waals surface area contributed by atoms with Crippen LogP contribution in [0.1, 0.15) is 27.2 Å². The van der Waals surface area contributed by atoms with E-state index in [-0.39, 0.29) is 0 Å². The minimum Gasteiger partial charge on any atom is -0.492 e. The van der Waals surface area contributed by atoms with Crippen molar-refractivity contribution in [1.82, 2.24) is 10.3 Å². The summed E-state index contributed by atoms with van der Waals surface area (Å²) in [6.07, 6.45) is 1.75. The number of nitrogen functional groups attached to an aromatic ring is 1. The molecule has 0 atom stereocenters. The van der Waals surface area contributed by atoms with Crippen LogP contribution in [0.4, 0.5) is 10.5 Å². The van der Waals surface area contributed by atoms with Gasteiger partial charge in [-0.3, -0.25) is 0 Å². The quantitative estimate of drug-likeness (QED) is 0.779. The highest BCUT2D eigenvalue weighted by molar-refractivity contribution is 5.67. The Hall–Kier alpha value is -2.18. The van der Waals surface area contributed by atoms with Gasteiger partial charge in [-0.15, -0.1) is 0 Å². The standard InChI is InChI=1S/C14H23N3O4/c1-14(2,3)21-13(18)16-6-5-7-20-10-8-11(15)12(19-4)17-9-10/h8-9H,5-7,15H2,1-4H3,(H,16,18). The molecule has 0 aromatic carbocycles. The lowest BCUT2D eigenvalue weighted by Crippen LogP contribution is -2.33.